The number of rotatable bonds is 7. The van der Waals surface area contributed by atoms with Gasteiger partial charge in [-0.05, 0) is 18.4 Å². The Morgan fingerprint density at radius 2 is 1.95 bits per heavy atom. The van der Waals surface area contributed by atoms with Crippen LogP contribution >= 0.6 is 0 Å². The highest BCUT2D eigenvalue weighted by Gasteiger charge is 2.33. The van der Waals surface area contributed by atoms with Gasteiger partial charge in [0.2, 0.25) is 5.91 Å². The van der Waals surface area contributed by atoms with Crippen LogP contribution in [0.25, 0.3) is 0 Å². The summed E-state index contributed by atoms with van der Waals surface area (Å²) in [6, 6.07) is 10.1. The fourth-order valence-electron chi connectivity index (χ4n) is 2.50. The fourth-order valence-corrected chi connectivity index (χ4v) is 2.50. The van der Waals surface area contributed by atoms with E-state index in [0.29, 0.717) is 18.8 Å². The number of hydrogen-bond donors (Lipinski definition) is 2. The number of hydrogen-bond acceptors (Lipinski definition) is 3. The quantitative estimate of drug-likeness (QED) is 0.825. The highest BCUT2D eigenvalue weighted by molar-refractivity contribution is 5.95. The van der Waals surface area contributed by atoms with Crippen molar-refractivity contribution in [2.24, 2.45) is 11.1 Å². The van der Waals surface area contributed by atoms with Crippen LogP contribution in [0.5, 0.6) is 0 Å². The van der Waals surface area contributed by atoms with E-state index in [4.69, 9.17) is 5.73 Å². The van der Waals surface area contributed by atoms with Gasteiger partial charge in [-0.15, -0.1) is 0 Å². The standard InChI is InChI=1S/C17H24N4O/c1-3-17(4-2,13-18)16(22)20-15-10-19-21(12-15)11-14-8-6-5-7-9-14/h5-10,12H,3-4,11,13,18H2,1-2H3,(H,20,22). The van der Waals surface area contributed by atoms with Crippen LogP contribution in [0.1, 0.15) is 32.3 Å². The van der Waals surface area contributed by atoms with Crippen molar-refractivity contribution in [2.45, 2.75) is 33.2 Å². The molecule has 0 bridgehead atoms. The molecule has 0 radical (unpaired) electrons. The van der Waals surface area contributed by atoms with E-state index in [1.807, 2.05) is 55.1 Å². The minimum Gasteiger partial charge on any atom is -0.329 e. The molecule has 0 spiro atoms. The second-order valence-corrected chi connectivity index (χ2v) is 5.56. The minimum absolute atomic E-state index is 0.0285. The van der Waals surface area contributed by atoms with E-state index < -0.39 is 5.41 Å². The zero-order valence-corrected chi connectivity index (χ0v) is 13.2. The summed E-state index contributed by atoms with van der Waals surface area (Å²) < 4.78 is 1.81. The predicted octanol–water partition coefficient (Wildman–Crippen LogP) is 2.64. The summed E-state index contributed by atoms with van der Waals surface area (Å²) in [5, 5.41) is 7.23. The van der Waals surface area contributed by atoms with Crippen molar-refractivity contribution in [3.63, 3.8) is 0 Å². The van der Waals surface area contributed by atoms with Crippen LogP contribution in [0.4, 0.5) is 5.69 Å². The van der Waals surface area contributed by atoms with Gasteiger partial charge in [-0.25, -0.2) is 0 Å². The molecule has 1 aromatic carbocycles. The number of amides is 1. The van der Waals surface area contributed by atoms with Crippen LogP contribution in [0.2, 0.25) is 0 Å². The maximum Gasteiger partial charge on any atom is 0.231 e. The first-order valence-corrected chi connectivity index (χ1v) is 7.71. The van der Waals surface area contributed by atoms with Gasteiger partial charge in [0, 0.05) is 12.7 Å². The van der Waals surface area contributed by atoms with Gasteiger partial charge in [-0.2, -0.15) is 5.10 Å². The number of carbonyl (C=O) groups is 1. The van der Waals surface area contributed by atoms with Crippen molar-refractivity contribution in [3.05, 3.63) is 48.3 Å². The van der Waals surface area contributed by atoms with Gasteiger partial charge in [-0.3, -0.25) is 9.48 Å². The number of aromatic nitrogens is 2. The van der Waals surface area contributed by atoms with Crippen molar-refractivity contribution >= 4 is 11.6 Å². The Morgan fingerprint density at radius 1 is 1.27 bits per heavy atom. The molecule has 5 nitrogen and oxygen atoms in total. The Morgan fingerprint density at radius 3 is 2.55 bits per heavy atom. The average Bonchev–Trinajstić information content (AvgIpc) is 2.97. The van der Waals surface area contributed by atoms with E-state index >= 15 is 0 Å². The van der Waals surface area contributed by atoms with Crippen molar-refractivity contribution < 1.29 is 4.79 Å². The molecule has 3 N–H and O–H groups in total. The maximum absolute atomic E-state index is 12.5. The molecule has 1 aromatic heterocycles. The van der Waals surface area contributed by atoms with Crippen molar-refractivity contribution in [2.75, 3.05) is 11.9 Å². The molecule has 1 amide bonds. The summed E-state index contributed by atoms with van der Waals surface area (Å²) in [4.78, 5) is 12.5. The highest BCUT2D eigenvalue weighted by Crippen LogP contribution is 2.26. The van der Waals surface area contributed by atoms with Crippen LogP contribution in [0.15, 0.2) is 42.7 Å². The normalized spacial score (nSPS) is 11.4. The number of benzene rings is 1. The Balaban J connectivity index is 2.04. The number of carbonyl (C=O) groups excluding carboxylic acids is 1. The van der Waals surface area contributed by atoms with Crippen LogP contribution in [0.3, 0.4) is 0 Å². The topological polar surface area (TPSA) is 72.9 Å². The molecule has 22 heavy (non-hydrogen) atoms. The molecule has 0 aliphatic carbocycles. The smallest absolute Gasteiger partial charge is 0.231 e. The average molecular weight is 300 g/mol. The Bertz CT molecular complexity index is 594. The predicted molar refractivity (Wildman–Crippen MR) is 88.5 cm³/mol. The molecule has 5 heteroatoms. The third-order valence-electron chi connectivity index (χ3n) is 4.30. The van der Waals surface area contributed by atoms with Crippen LogP contribution in [0, 0.1) is 5.41 Å². The number of nitrogens with one attached hydrogen (secondary N) is 1. The van der Waals surface area contributed by atoms with E-state index in [9.17, 15) is 4.79 Å². The van der Waals surface area contributed by atoms with E-state index in [-0.39, 0.29) is 5.91 Å². The molecule has 0 unspecified atom stereocenters. The summed E-state index contributed by atoms with van der Waals surface area (Å²) in [7, 11) is 0. The summed E-state index contributed by atoms with van der Waals surface area (Å²) in [6.07, 6.45) is 4.97. The molecule has 0 aliphatic rings. The van der Waals surface area contributed by atoms with Crippen LogP contribution in [-0.4, -0.2) is 22.2 Å². The first-order chi connectivity index (χ1) is 10.6. The third kappa shape index (κ3) is 3.54. The summed E-state index contributed by atoms with van der Waals surface area (Å²) in [5.74, 6) is -0.0285. The monoisotopic (exact) mass is 300 g/mol. The molecule has 0 saturated heterocycles. The van der Waals surface area contributed by atoms with Gasteiger partial charge >= 0.3 is 0 Å². The second kappa shape index (κ2) is 7.22. The third-order valence-corrected chi connectivity index (χ3v) is 4.30. The van der Waals surface area contributed by atoms with E-state index in [1.165, 1.54) is 5.56 Å². The lowest BCUT2D eigenvalue weighted by molar-refractivity contribution is -0.125. The Kier molecular flexibility index (Phi) is 5.33. The van der Waals surface area contributed by atoms with Gasteiger partial charge in [0.15, 0.2) is 0 Å². The van der Waals surface area contributed by atoms with Gasteiger partial charge < -0.3 is 11.1 Å². The molecule has 0 fully saturated rings. The summed E-state index contributed by atoms with van der Waals surface area (Å²) >= 11 is 0. The molecule has 0 aliphatic heterocycles. The van der Waals surface area contributed by atoms with Crippen molar-refractivity contribution in [1.29, 1.82) is 0 Å². The van der Waals surface area contributed by atoms with Crippen LogP contribution in [-0.2, 0) is 11.3 Å². The van der Waals surface area contributed by atoms with Gasteiger partial charge in [0.1, 0.15) is 0 Å². The minimum atomic E-state index is -0.498. The molecular weight excluding hydrogens is 276 g/mol. The first-order valence-electron chi connectivity index (χ1n) is 7.71. The summed E-state index contributed by atoms with van der Waals surface area (Å²) in [6.45, 7) is 5.02. The first kappa shape index (κ1) is 16.2. The van der Waals surface area contributed by atoms with Crippen molar-refractivity contribution in [1.82, 2.24) is 9.78 Å². The highest BCUT2D eigenvalue weighted by atomic mass is 16.2. The Labute approximate surface area is 131 Å². The van der Waals surface area contributed by atoms with Gasteiger partial charge in [-0.1, -0.05) is 44.2 Å². The molecule has 2 rings (SSSR count). The lowest BCUT2D eigenvalue weighted by Gasteiger charge is -2.28. The summed E-state index contributed by atoms with van der Waals surface area (Å²) in [5.41, 5.74) is 7.19. The Hall–Kier alpha value is -2.14. The van der Waals surface area contributed by atoms with E-state index in [1.54, 1.807) is 6.20 Å². The van der Waals surface area contributed by atoms with Crippen LogP contribution < -0.4 is 11.1 Å². The van der Waals surface area contributed by atoms with Crippen molar-refractivity contribution in [3.8, 4) is 0 Å². The molecule has 2 aromatic rings. The molecule has 0 saturated carbocycles. The number of nitrogens with two attached hydrogens (primary N) is 1. The van der Waals surface area contributed by atoms with E-state index in [0.717, 1.165) is 12.8 Å². The fraction of sp³-hybridized carbons (Fsp3) is 0.412. The number of anilines is 1. The lowest BCUT2D eigenvalue weighted by Crippen LogP contribution is -2.41. The number of nitrogens with zero attached hydrogens (tertiary/aromatic N) is 2. The maximum atomic E-state index is 12.5. The zero-order chi connectivity index (χ0) is 16.0. The second-order valence-electron chi connectivity index (χ2n) is 5.56. The lowest BCUT2D eigenvalue weighted by atomic mass is 9.81. The largest absolute Gasteiger partial charge is 0.329 e. The van der Waals surface area contributed by atoms with E-state index in [2.05, 4.69) is 10.4 Å². The zero-order valence-electron chi connectivity index (χ0n) is 13.2. The van der Waals surface area contributed by atoms with Gasteiger partial charge in [0.25, 0.3) is 0 Å². The molecular formula is C17H24N4O. The molecule has 1 heterocycles. The van der Waals surface area contributed by atoms with Gasteiger partial charge in [0.05, 0.1) is 23.8 Å². The molecule has 0 atom stereocenters. The molecule has 118 valence electrons. The SMILES string of the molecule is CCC(CC)(CN)C(=O)Nc1cnn(Cc2ccccc2)c1.